The van der Waals surface area contributed by atoms with Crippen LogP contribution in [0, 0.1) is 12.3 Å². The molecule has 1 aromatic carbocycles. The van der Waals surface area contributed by atoms with Crippen molar-refractivity contribution in [2.24, 2.45) is 5.73 Å². The molecule has 0 aliphatic carbocycles. The molecule has 0 spiro atoms. The van der Waals surface area contributed by atoms with Crippen LogP contribution in [-0.4, -0.2) is 4.98 Å². The number of benzene rings is 1. The molecule has 1 heterocycles. The van der Waals surface area contributed by atoms with E-state index >= 15 is 0 Å². The third-order valence-corrected chi connectivity index (χ3v) is 2.42. The predicted octanol–water partition coefficient (Wildman–Crippen LogP) is 2.26. The normalized spacial score (nSPS) is 12.3. The van der Waals surface area contributed by atoms with Gasteiger partial charge in [-0.1, -0.05) is 18.2 Å². The van der Waals surface area contributed by atoms with Crippen molar-refractivity contribution in [3.8, 4) is 12.3 Å². The molecule has 0 fully saturated rings. The summed E-state index contributed by atoms with van der Waals surface area (Å²) >= 11 is 0. The second kappa shape index (κ2) is 4.12. The molecule has 2 heteroatoms. The van der Waals surface area contributed by atoms with Crippen LogP contribution >= 0.6 is 0 Å². The number of nitrogens with two attached hydrogens (primary N) is 1. The summed E-state index contributed by atoms with van der Waals surface area (Å²) in [6.07, 6.45) is 7.59. The van der Waals surface area contributed by atoms with E-state index in [0.29, 0.717) is 6.42 Å². The van der Waals surface area contributed by atoms with E-state index in [1.54, 1.807) is 6.20 Å². The van der Waals surface area contributed by atoms with Crippen LogP contribution in [0.2, 0.25) is 0 Å². The Morgan fingerprint density at radius 3 is 2.93 bits per heavy atom. The highest BCUT2D eigenvalue weighted by Gasteiger charge is 2.08. The van der Waals surface area contributed by atoms with Crippen molar-refractivity contribution >= 4 is 10.9 Å². The van der Waals surface area contributed by atoms with Gasteiger partial charge in [-0.05, 0) is 17.7 Å². The van der Waals surface area contributed by atoms with E-state index in [4.69, 9.17) is 12.2 Å². The van der Waals surface area contributed by atoms with E-state index in [2.05, 4.69) is 10.9 Å². The largest absolute Gasteiger partial charge is 0.323 e. The first-order valence-electron chi connectivity index (χ1n) is 4.85. The summed E-state index contributed by atoms with van der Waals surface area (Å²) < 4.78 is 0. The third-order valence-electron chi connectivity index (χ3n) is 2.42. The van der Waals surface area contributed by atoms with Gasteiger partial charge in [0.2, 0.25) is 0 Å². The van der Waals surface area contributed by atoms with Crippen LogP contribution in [0.5, 0.6) is 0 Å². The van der Waals surface area contributed by atoms with Crippen LogP contribution < -0.4 is 5.73 Å². The molecule has 0 saturated heterocycles. The van der Waals surface area contributed by atoms with Gasteiger partial charge in [0.25, 0.3) is 0 Å². The maximum absolute atomic E-state index is 6.00. The fourth-order valence-electron chi connectivity index (χ4n) is 1.68. The number of aromatic nitrogens is 1. The Morgan fingerprint density at radius 1 is 1.33 bits per heavy atom. The summed E-state index contributed by atoms with van der Waals surface area (Å²) in [7, 11) is 0. The number of hydrogen-bond donors (Lipinski definition) is 1. The lowest BCUT2D eigenvalue weighted by Gasteiger charge is -2.11. The molecule has 1 unspecified atom stereocenters. The highest BCUT2D eigenvalue weighted by atomic mass is 14.7. The summed E-state index contributed by atoms with van der Waals surface area (Å²) in [6, 6.07) is 9.77. The van der Waals surface area contributed by atoms with Crippen LogP contribution in [0.15, 0.2) is 36.5 Å². The van der Waals surface area contributed by atoms with E-state index in [1.165, 1.54) is 0 Å². The van der Waals surface area contributed by atoms with Crippen molar-refractivity contribution in [1.82, 2.24) is 4.98 Å². The SMILES string of the molecule is C#CCC(N)c1ccnc2ccccc12. The lowest BCUT2D eigenvalue weighted by Crippen LogP contribution is -2.09. The van der Waals surface area contributed by atoms with Gasteiger partial charge >= 0.3 is 0 Å². The topological polar surface area (TPSA) is 38.9 Å². The Bertz CT molecular complexity index is 506. The molecule has 0 amide bonds. The molecule has 15 heavy (non-hydrogen) atoms. The molecule has 2 aromatic rings. The number of rotatable bonds is 2. The lowest BCUT2D eigenvalue weighted by molar-refractivity contribution is 0.760. The van der Waals surface area contributed by atoms with Gasteiger partial charge in [0.15, 0.2) is 0 Å². The summed E-state index contributed by atoms with van der Waals surface area (Å²) in [5, 5.41) is 1.09. The Morgan fingerprint density at radius 2 is 2.13 bits per heavy atom. The fourth-order valence-corrected chi connectivity index (χ4v) is 1.68. The maximum atomic E-state index is 6.00. The first kappa shape index (κ1) is 9.70. The molecule has 74 valence electrons. The number of terminal acetylenes is 1. The van der Waals surface area contributed by atoms with E-state index in [9.17, 15) is 0 Å². The summed E-state index contributed by atoms with van der Waals surface area (Å²) in [4.78, 5) is 4.28. The average Bonchev–Trinajstić information content (AvgIpc) is 2.28. The molecular weight excluding hydrogens is 184 g/mol. The van der Waals surface area contributed by atoms with Crippen LogP contribution in [0.3, 0.4) is 0 Å². The zero-order chi connectivity index (χ0) is 10.7. The molecule has 1 aromatic heterocycles. The summed E-state index contributed by atoms with van der Waals surface area (Å²) in [5.41, 5.74) is 8.03. The van der Waals surface area contributed by atoms with Crippen LogP contribution in [0.4, 0.5) is 0 Å². The van der Waals surface area contributed by atoms with Crippen molar-refractivity contribution in [2.45, 2.75) is 12.5 Å². The van der Waals surface area contributed by atoms with E-state index in [0.717, 1.165) is 16.5 Å². The first-order chi connectivity index (χ1) is 7.33. The fraction of sp³-hybridized carbons (Fsp3) is 0.154. The Hall–Kier alpha value is -1.85. The maximum Gasteiger partial charge on any atom is 0.0705 e. The van der Waals surface area contributed by atoms with Crippen molar-refractivity contribution in [2.75, 3.05) is 0 Å². The highest BCUT2D eigenvalue weighted by Crippen LogP contribution is 2.22. The van der Waals surface area contributed by atoms with Gasteiger partial charge in [0.05, 0.1) is 5.52 Å². The summed E-state index contributed by atoms with van der Waals surface area (Å²) in [6.45, 7) is 0. The lowest BCUT2D eigenvalue weighted by atomic mass is 10.0. The number of hydrogen-bond acceptors (Lipinski definition) is 2. The number of para-hydroxylation sites is 1. The van der Waals surface area contributed by atoms with E-state index < -0.39 is 0 Å². The second-order valence-corrected chi connectivity index (χ2v) is 3.43. The molecule has 0 aliphatic rings. The molecule has 2 N–H and O–H groups in total. The average molecular weight is 196 g/mol. The molecule has 0 saturated carbocycles. The zero-order valence-corrected chi connectivity index (χ0v) is 8.35. The van der Waals surface area contributed by atoms with E-state index in [-0.39, 0.29) is 6.04 Å². The quantitative estimate of drug-likeness (QED) is 0.748. The minimum Gasteiger partial charge on any atom is -0.323 e. The standard InChI is InChI=1S/C13H12N2/c1-2-5-12(14)10-8-9-15-13-7-4-3-6-11(10)13/h1,3-4,6-9,12H,5,14H2. The monoisotopic (exact) mass is 196 g/mol. The van der Waals surface area contributed by atoms with Crippen molar-refractivity contribution in [3.63, 3.8) is 0 Å². The number of pyridine rings is 1. The van der Waals surface area contributed by atoms with Gasteiger partial charge in [-0.2, -0.15) is 0 Å². The van der Waals surface area contributed by atoms with Gasteiger partial charge in [-0.25, -0.2) is 0 Å². The van der Waals surface area contributed by atoms with Crippen LogP contribution in [-0.2, 0) is 0 Å². The van der Waals surface area contributed by atoms with E-state index in [1.807, 2.05) is 30.3 Å². The Labute approximate surface area is 89.1 Å². The predicted molar refractivity (Wildman–Crippen MR) is 62.1 cm³/mol. The van der Waals surface area contributed by atoms with Crippen molar-refractivity contribution < 1.29 is 0 Å². The molecular formula is C13H12N2. The molecule has 0 bridgehead atoms. The molecule has 2 nitrogen and oxygen atoms in total. The molecule has 0 radical (unpaired) electrons. The molecule has 1 atom stereocenters. The molecule has 2 rings (SSSR count). The van der Waals surface area contributed by atoms with Crippen LogP contribution in [0.25, 0.3) is 10.9 Å². The van der Waals surface area contributed by atoms with Crippen molar-refractivity contribution in [1.29, 1.82) is 0 Å². The minimum absolute atomic E-state index is 0.108. The van der Waals surface area contributed by atoms with Gasteiger partial charge in [-0.3, -0.25) is 4.98 Å². The number of fused-ring (bicyclic) bond motifs is 1. The number of nitrogens with zero attached hydrogens (tertiary/aromatic N) is 1. The first-order valence-corrected chi connectivity index (χ1v) is 4.85. The van der Waals surface area contributed by atoms with Gasteiger partial charge in [-0.15, -0.1) is 12.3 Å². The van der Waals surface area contributed by atoms with Gasteiger partial charge in [0, 0.05) is 24.0 Å². The highest BCUT2D eigenvalue weighted by molar-refractivity contribution is 5.82. The Balaban J connectivity index is 2.56. The summed E-state index contributed by atoms with van der Waals surface area (Å²) in [5.74, 6) is 2.59. The second-order valence-electron chi connectivity index (χ2n) is 3.43. The van der Waals surface area contributed by atoms with Gasteiger partial charge < -0.3 is 5.73 Å². The Kier molecular flexibility index (Phi) is 2.66. The third kappa shape index (κ3) is 1.83. The van der Waals surface area contributed by atoms with Crippen LogP contribution in [0.1, 0.15) is 18.0 Å². The molecule has 0 aliphatic heterocycles. The zero-order valence-electron chi connectivity index (χ0n) is 8.35. The smallest absolute Gasteiger partial charge is 0.0705 e. The minimum atomic E-state index is -0.108. The van der Waals surface area contributed by atoms with Crippen molar-refractivity contribution in [3.05, 3.63) is 42.1 Å². The van der Waals surface area contributed by atoms with Gasteiger partial charge in [0.1, 0.15) is 0 Å².